The third-order valence-electron chi connectivity index (χ3n) is 2.81. The number of nitrogens with one attached hydrogen (secondary N) is 2. The minimum absolute atomic E-state index is 0.251. The molecule has 134 valence electrons. The van der Waals surface area contributed by atoms with Crippen molar-refractivity contribution in [1.29, 1.82) is 0 Å². The summed E-state index contributed by atoms with van der Waals surface area (Å²) in [5.41, 5.74) is 5.97. The number of rotatable bonds is 7. The second-order valence-electron chi connectivity index (χ2n) is 4.53. The Morgan fingerprint density at radius 2 is 2.04 bits per heavy atom. The summed E-state index contributed by atoms with van der Waals surface area (Å²) >= 11 is 0. The smallest absolute Gasteiger partial charge is 0.316 e. The first-order valence-corrected chi connectivity index (χ1v) is 7.89. The summed E-state index contributed by atoms with van der Waals surface area (Å²) in [7, 11) is 1.54. The molecule has 0 saturated carbocycles. The number of nitrogens with zero attached hydrogens (tertiary/aromatic N) is 1. The number of carbonyl (C=O) groups is 2. The lowest BCUT2D eigenvalue weighted by molar-refractivity contribution is 0.0951. The van der Waals surface area contributed by atoms with Gasteiger partial charge in [-0.2, -0.15) is 0 Å². The van der Waals surface area contributed by atoms with Crippen molar-refractivity contribution in [1.82, 2.24) is 9.88 Å². The van der Waals surface area contributed by atoms with Crippen LogP contribution < -0.4 is 16.4 Å². The van der Waals surface area contributed by atoms with Gasteiger partial charge >= 0.3 is 6.03 Å². The second kappa shape index (κ2) is 11.8. The highest BCUT2D eigenvalue weighted by Gasteiger charge is 2.13. The molecule has 24 heavy (non-hydrogen) atoms. The van der Waals surface area contributed by atoms with Crippen LogP contribution in [0.5, 0.6) is 0 Å². The van der Waals surface area contributed by atoms with E-state index in [0.29, 0.717) is 24.5 Å². The molecule has 1 heterocycles. The number of nitrogens with two attached hydrogens (primary N) is 1. The molecule has 0 aliphatic carbocycles. The van der Waals surface area contributed by atoms with Crippen LogP contribution in [0.15, 0.2) is 36.3 Å². The molecule has 0 fully saturated rings. The van der Waals surface area contributed by atoms with E-state index >= 15 is 0 Å². The molecular weight excluding hydrogens is 308 g/mol. The standard InChI is InChI=1S/C15H22N4O3.C2H6/c1-4-5-6-11(2)22-8-7-19-10-12(18-15(16)21)9-13(19)14(20)17-3;1-2/h4-6,9-10H,7-8H2,1-3H3,(H,17,20)(H3,16,18,21);1-2H3/b5-4-,11-6+;. The van der Waals surface area contributed by atoms with Crippen LogP contribution in [0.25, 0.3) is 0 Å². The zero-order valence-corrected chi connectivity index (χ0v) is 15.1. The maximum Gasteiger partial charge on any atom is 0.316 e. The summed E-state index contributed by atoms with van der Waals surface area (Å²) in [5.74, 6) is 0.529. The van der Waals surface area contributed by atoms with E-state index in [4.69, 9.17) is 10.5 Å². The molecule has 7 heteroatoms. The van der Waals surface area contributed by atoms with E-state index < -0.39 is 6.03 Å². The lowest BCUT2D eigenvalue weighted by Crippen LogP contribution is -2.22. The van der Waals surface area contributed by atoms with Crippen molar-refractivity contribution < 1.29 is 14.3 Å². The van der Waals surface area contributed by atoms with Crippen LogP contribution in [0.1, 0.15) is 38.2 Å². The van der Waals surface area contributed by atoms with E-state index in [1.807, 2.05) is 45.9 Å². The summed E-state index contributed by atoms with van der Waals surface area (Å²) in [6.07, 6.45) is 7.29. The number of amides is 3. The van der Waals surface area contributed by atoms with Crippen molar-refractivity contribution >= 4 is 17.6 Å². The predicted octanol–water partition coefficient (Wildman–Crippen LogP) is 2.86. The molecule has 0 aliphatic heterocycles. The SMILES string of the molecule is C/C=C\C=C(/C)OCCn1cc(NC(N)=O)cc1C(=O)NC.CC. The minimum atomic E-state index is -0.679. The van der Waals surface area contributed by atoms with Crippen LogP contribution in [0.3, 0.4) is 0 Å². The molecule has 0 aromatic carbocycles. The van der Waals surface area contributed by atoms with E-state index in [1.165, 1.54) is 0 Å². The average Bonchev–Trinajstić information content (AvgIpc) is 2.96. The Morgan fingerprint density at radius 1 is 1.38 bits per heavy atom. The first-order valence-electron chi connectivity index (χ1n) is 7.89. The molecular formula is C17H28N4O3. The molecule has 0 spiro atoms. The van der Waals surface area contributed by atoms with Gasteiger partial charge in [-0.05, 0) is 26.0 Å². The van der Waals surface area contributed by atoms with Crippen LogP contribution in [0.4, 0.5) is 10.5 Å². The van der Waals surface area contributed by atoms with Gasteiger partial charge in [0.1, 0.15) is 12.3 Å². The lowest BCUT2D eigenvalue weighted by Gasteiger charge is -2.09. The Bertz CT molecular complexity index is 589. The lowest BCUT2D eigenvalue weighted by atomic mass is 10.4. The Balaban J connectivity index is 0.00000254. The Morgan fingerprint density at radius 3 is 2.58 bits per heavy atom. The quantitative estimate of drug-likeness (QED) is 0.527. The number of anilines is 1. The van der Waals surface area contributed by atoms with Crippen molar-refractivity contribution in [2.45, 2.75) is 34.2 Å². The highest BCUT2D eigenvalue weighted by molar-refractivity contribution is 5.95. The summed E-state index contributed by atoms with van der Waals surface area (Å²) < 4.78 is 7.25. The van der Waals surface area contributed by atoms with Gasteiger partial charge in [0.2, 0.25) is 0 Å². The summed E-state index contributed by atoms with van der Waals surface area (Å²) in [6.45, 7) is 8.64. The number of carbonyl (C=O) groups excluding carboxylic acids is 2. The Labute approximate surface area is 143 Å². The summed E-state index contributed by atoms with van der Waals surface area (Å²) in [6, 6.07) is 0.883. The van der Waals surface area contributed by atoms with Gasteiger partial charge in [-0.25, -0.2) is 4.79 Å². The van der Waals surface area contributed by atoms with Crippen LogP contribution >= 0.6 is 0 Å². The van der Waals surface area contributed by atoms with E-state index in [2.05, 4.69) is 10.6 Å². The molecule has 0 saturated heterocycles. The number of hydrogen-bond acceptors (Lipinski definition) is 3. The topological polar surface area (TPSA) is 98.4 Å². The zero-order chi connectivity index (χ0) is 18.5. The molecule has 0 atom stereocenters. The molecule has 1 rings (SSSR count). The van der Waals surface area contributed by atoms with Gasteiger partial charge in [-0.1, -0.05) is 26.0 Å². The maximum atomic E-state index is 11.8. The maximum absolute atomic E-state index is 11.8. The average molecular weight is 336 g/mol. The fraction of sp³-hybridized carbons (Fsp3) is 0.412. The van der Waals surface area contributed by atoms with Gasteiger partial charge in [0.05, 0.1) is 18.0 Å². The van der Waals surface area contributed by atoms with Gasteiger partial charge in [0, 0.05) is 13.2 Å². The number of primary amides is 1. The van der Waals surface area contributed by atoms with Crippen LogP contribution in [0, 0.1) is 0 Å². The monoisotopic (exact) mass is 336 g/mol. The van der Waals surface area contributed by atoms with E-state index in [-0.39, 0.29) is 5.91 Å². The Hall–Kier alpha value is -2.70. The Kier molecular flexibility index (Phi) is 10.5. The van der Waals surface area contributed by atoms with Crippen molar-refractivity contribution in [2.75, 3.05) is 19.0 Å². The molecule has 1 aromatic rings. The number of urea groups is 1. The van der Waals surface area contributed by atoms with Gasteiger partial charge < -0.3 is 25.7 Å². The highest BCUT2D eigenvalue weighted by Crippen LogP contribution is 2.14. The van der Waals surface area contributed by atoms with Gasteiger partial charge in [-0.3, -0.25) is 4.79 Å². The number of ether oxygens (including phenoxy) is 1. The third-order valence-corrected chi connectivity index (χ3v) is 2.81. The summed E-state index contributed by atoms with van der Waals surface area (Å²) in [5, 5.41) is 5.00. The highest BCUT2D eigenvalue weighted by atomic mass is 16.5. The molecule has 7 nitrogen and oxygen atoms in total. The molecule has 3 amide bonds. The van der Waals surface area contributed by atoms with Crippen LogP contribution in [-0.2, 0) is 11.3 Å². The second-order valence-corrected chi connectivity index (χ2v) is 4.53. The fourth-order valence-corrected chi connectivity index (χ4v) is 1.81. The van der Waals surface area contributed by atoms with Crippen molar-refractivity contribution in [2.24, 2.45) is 5.73 Å². The van der Waals surface area contributed by atoms with Crippen LogP contribution in [-0.4, -0.2) is 30.2 Å². The van der Waals surface area contributed by atoms with Crippen molar-refractivity contribution in [3.8, 4) is 0 Å². The molecule has 0 bridgehead atoms. The number of allylic oxidation sites excluding steroid dienone is 4. The minimum Gasteiger partial charge on any atom is -0.496 e. The zero-order valence-electron chi connectivity index (χ0n) is 15.1. The van der Waals surface area contributed by atoms with E-state index in [0.717, 1.165) is 5.76 Å². The molecule has 0 radical (unpaired) electrons. The van der Waals surface area contributed by atoms with Crippen molar-refractivity contribution in [3.63, 3.8) is 0 Å². The summed E-state index contributed by atoms with van der Waals surface area (Å²) in [4.78, 5) is 22.7. The first kappa shape index (κ1) is 21.3. The van der Waals surface area contributed by atoms with Crippen molar-refractivity contribution in [3.05, 3.63) is 41.9 Å². The normalized spacial score (nSPS) is 10.8. The third kappa shape index (κ3) is 7.53. The molecule has 1 aromatic heterocycles. The van der Waals surface area contributed by atoms with E-state index in [1.54, 1.807) is 23.9 Å². The van der Waals surface area contributed by atoms with Gasteiger partial charge in [0.25, 0.3) is 5.91 Å². The molecule has 4 N–H and O–H groups in total. The number of aromatic nitrogens is 1. The fourth-order valence-electron chi connectivity index (χ4n) is 1.81. The molecule has 0 aliphatic rings. The number of hydrogen-bond donors (Lipinski definition) is 3. The predicted molar refractivity (Wildman–Crippen MR) is 96.9 cm³/mol. The van der Waals surface area contributed by atoms with Crippen LogP contribution in [0.2, 0.25) is 0 Å². The first-order chi connectivity index (χ1) is 11.5. The van der Waals surface area contributed by atoms with Gasteiger partial charge in [0.15, 0.2) is 0 Å². The van der Waals surface area contributed by atoms with E-state index in [9.17, 15) is 9.59 Å². The largest absolute Gasteiger partial charge is 0.496 e. The molecule has 0 unspecified atom stereocenters. The van der Waals surface area contributed by atoms with Gasteiger partial charge in [-0.15, -0.1) is 0 Å².